The van der Waals surface area contributed by atoms with Gasteiger partial charge in [0.05, 0.1) is 0 Å². The normalized spacial score (nSPS) is 19.5. The van der Waals surface area contributed by atoms with E-state index in [9.17, 15) is 22.8 Å². The van der Waals surface area contributed by atoms with Gasteiger partial charge in [0.1, 0.15) is 18.5 Å². The molecular formula is C24H26F3N3O3. The Labute approximate surface area is 190 Å². The lowest BCUT2D eigenvalue weighted by Crippen LogP contribution is -2.43. The molecule has 2 fully saturated rings. The standard InChI is InChI=1S/C24H26F3N3O3/c25-19-5-2-16(3-6-19)17-8-12-29(13-9-17)11-1-10-28-23(31)30-22(15-33-24(30)32)18-4-7-20(26)21(27)14-18/h2-7,14,17,22H,1,8-13,15H2,(H,28,31). The fraction of sp³-hybridized carbons (Fsp3) is 0.417. The molecule has 1 atom stereocenters. The van der Waals surface area contributed by atoms with E-state index in [1.807, 2.05) is 12.1 Å². The van der Waals surface area contributed by atoms with Crippen molar-refractivity contribution in [2.24, 2.45) is 0 Å². The summed E-state index contributed by atoms with van der Waals surface area (Å²) in [6.45, 7) is 2.90. The van der Waals surface area contributed by atoms with E-state index in [1.165, 1.54) is 18.2 Å². The summed E-state index contributed by atoms with van der Waals surface area (Å²) in [5.41, 5.74) is 1.45. The highest BCUT2D eigenvalue weighted by Crippen LogP contribution is 2.29. The number of piperidine rings is 1. The zero-order valence-corrected chi connectivity index (χ0v) is 18.1. The minimum Gasteiger partial charge on any atom is -0.446 e. The zero-order valence-electron chi connectivity index (χ0n) is 18.1. The molecule has 2 aromatic rings. The van der Waals surface area contributed by atoms with E-state index in [0.717, 1.165) is 55.1 Å². The molecule has 9 heteroatoms. The number of carbonyl (C=O) groups is 2. The van der Waals surface area contributed by atoms with Gasteiger partial charge >= 0.3 is 12.1 Å². The van der Waals surface area contributed by atoms with Crippen molar-refractivity contribution in [3.63, 3.8) is 0 Å². The number of nitrogens with zero attached hydrogens (tertiary/aromatic N) is 2. The number of carbonyl (C=O) groups excluding carboxylic acids is 2. The SMILES string of the molecule is O=C(NCCCN1CCC(c2ccc(F)cc2)CC1)N1C(=O)OCC1c1ccc(F)c(F)c1. The number of benzene rings is 2. The predicted octanol–water partition coefficient (Wildman–Crippen LogP) is 4.58. The largest absolute Gasteiger partial charge is 0.446 e. The Balaban J connectivity index is 1.21. The Morgan fingerprint density at radius 3 is 2.39 bits per heavy atom. The summed E-state index contributed by atoms with van der Waals surface area (Å²) in [5, 5.41) is 2.72. The van der Waals surface area contributed by atoms with Gasteiger partial charge in [-0.15, -0.1) is 0 Å². The minimum atomic E-state index is -1.05. The molecule has 2 heterocycles. The van der Waals surface area contributed by atoms with Crippen LogP contribution in [-0.2, 0) is 4.74 Å². The molecule has 3 amide bonds. The van der Waals surface area contributed by atoms with Crippen LogP contribution in [0.15, 0.2) is 42.5 Å². The highest BCUT2D eigenvalue weighted by atomic mass is 19.2. The summed E-state index contributed by atoms with van der Waals surface area (Å²) in [4.78, 5) is 27.8. The molecule has 2 saturated heterocycles. The Hall–Kier alpha value is -3.07. The molecule has 6 nitrogen and oxygen atoms in total. The van der Waals surface area contributed by atoms with Crippen molar-refractivity contribution in [2.45, 2.75) is 31.2 Å². The maximum Gasteiger partial charge on any atom is 0.418 e. The van der Waals surface area contributed by atoms with Gasteiger partial charge in [-0.25, -0.2) is 27.7 Å². The van der Waals surface area contributed by atoms with E-state index in [-0.39, 0.29) is 12.4 Å². The van der Waals surface area contributed by atoms with Gasteiger partial charge < -0.3 is 15.0 Å². The lowest BCUT2D eigenvalue weighted by atomic mass is 9.89. The molecule has 176 valence electrons. The fourth-order valence-electron chi connectivity index (χ4n) is 4.42. The molecule has 4 rings (SSSR count). The molecule has 33 heavy (non-hydrogen) atoms. The number of hydrogen-bond acceptors (Lipinski definition) is 4. The maximum atomic E-state index is 13.6. The van der Waals surface area contributed by atoms with Crippen LogP contribution in [0.2, 0.25) is 0 Å². The molecule has 0 bridgehead atoms. The van der Waals surface area contributed by atoms with Gasteiger partial charge in [-0.3, -0.25) is 0 Å². The average molecular weight is 461 g/mol. The second-order valence-electron chi connectivity index (χ2n) is 8.39. The van der Waals surface area contributed by atoms with E-state index in [1.54, 1.807) is 0 Å². The van der Waals surface area contributed by atoms with Crippen LogP contribution < -0.4 is 5.32 Å². The van der Waals surface area contributed by atoms with E-state index in [0.29, 0.717) is 24.4 Å². The molecule has 0 spiro atoms. The highest BCUT2D eigenvalue weighted by Gasteiger charge is 2.39. The Morgan fingerprint density at radius 1 is 1.00 bits per heavy atom. The summed E-state index contributed by atoms with van der Waals surface area (Å²) < 4.78 is 44.9. The molecule has 2 aromatic carbocycles. The molecule has 0 aliphatic carbocycles. The lowest BCUT2D eigenvalue weighted by molar-refractivity contribution is 0.157. The Morgan fingerprint density at radius 2 is 1.70 bits per heavy atom. The van der Waals surface area contributed by atoms with E-state index in [2.05, 4.69) is 10.2 Å². The third kappa shape index (κ3) is 5.47. The first-order valence-corrected chi connectivity index (χ1v) is 11.1. The number of ether oxygens (including phenoxy) is 1. The third-order valence-electron chi connectivity index (χ3n) is 6.28. The van der Waals surface area contributed by atoms with Gasteiger partial charge in [0.2, 0.25) is 0 Å². The van der Waals surface area contributed by atoms with Gasteiger partial charge in [-0.1, -0.05) is 18.2 Å². The first-order chi connectivity index (χ1) is 15.9. The van der Waals surface area contributed by atoms with Crippen LogP contribution in [0.4, 0.5) is 22.8 Å². The number of halogens is 3. The van der Waals surface area contributed by atoms with Crippen molar-refractivity contribution in [1.82, 2.24) is 15.1 Å². The number of hydrogen-bond donors (Lipinski definition) is 1. The van der Waals surface area contributed by atoms with Crippen molar-refractivity contribution >= 4 is 12.1 Å². The monoisotopic (exact) mass is 461 g/mol. The van der Waals surface area contributed by atoms with Gasteiger partial charge in [0.15, 0.2) is 11.6 Å². The summed E-state index contributed by atoms with van der Waals surface area (Å²) in [5.74, 6) is -1.84. The van der Waals surface area contributed by atoms with Gasteiger partial charge in [0, 0.05) is 6.54 Å². The molecule has 1 N–H and O–H groups in total. The van der Waals surface area contributed by atoms with Crippen molar-refractivity contribution in [3.05, 3.63) is 71.0 Å². The summed E-state index contributed by atoms with van der Waals surface area (Å²) >= 11 is 0. The van der Waals surface area contributed by atoms with Crippen LogP contribution in [0.3, 0.4) is 0 Å². The Kier molecular flexibility index (Phi) is 7.17. The number of imide groups is 1. The smallest absolute Gasteiger partial charge is 0.418 e. The first-order valence-electron chi connectivity index (χ1n) is 11.1. The van der Waals surface area contributed by atoms with Gasteiger partial charge in [0.25, 0.3) is 0 Å². The van der Waals surface area contributed by atoms with Crippen LogP contribution in [0.1, 0.15) is 42.3 Å². The summed E-state index contributed by atoms with van der Waals surface area (Å²) in [6, 6.07) is 8.53. The molecule has 0 saturated carbocycles. The lowest BCUT2D eigenvalue weighted by Gasteiger charge is -2.32. The van der Waals surface area contributed by atoms with Crippen molar-refractivity contribution in [2.75, 3.05) is 32.8 Å². The van der Waals surface area contributed by atoms with Gasteiger partial charge in [-0.2, -0.15) is 0 Å². The average Bonchev–Trinajstić information content (AvgIpc) is 3.21. The van der Waals surface area contributed by atoms with Crippen LogP contribution in [0, 0.1) is 17.5 Å². The van der Waals surface area contributed by atoms with Crippen molar-refractivity contribution in [1.29, 1.82) is 0 Å². The number of cyclic esters (lactones) is 1. The van der Waals surface area contributed by atoms with E-state index >= 15 is 0 Å². The molecule has 1 unspecified atom stereocenters. The van der Waals surface area contributed by atoms with Crippen LogP contribution in [0.5, 0.6) is 0 Å². The molecule has 2 aliphatic heterocycles. The van der Waals surface area contributed by atoms with Crippen molar-refractivity contribution in [3.8, 4) is 0 Å². The van der Waals surface area contributed by atoms with Gasteiger partial charge in [-0.05, 0) is 80.2 Å². The maximum absolute atomic E-state index is 13.6. The number of rotatable bonds is 6. The van der Waals surface area contributed by atoms with Crippen LogP contribution in [-0.4, -0.2) is 54.7 Å². The minimum absolute atomic E-state index is 0.111. The third-order valence-corrected chi connectivity index (χ3v) is 6.28. The van der Waals surface area contributed by atoms with Crippen molar-refractivity contribution < 1.29 is 27.5 Å². The second-order valence-corrected chi connectivity index (χ2v) is 8.39. The number of likely N-dealkylation sites (tertiary alicyclic amines) is 1. The molecular weight excluding hydrogens is 435 g/mol. The van der Waals surface area contributed by atoms with E-state index < -0.39 is 29.8 Å². The summed E-state index contributed by atoms with van der Waals surface area (Å²) in [6.07, 6.45) is 1.87. The molecule has 0 aromatic heterocycles. The highest BCUT2D eigenvalue weighted by molar-refractivity contribution is 5.92. The first kappa shape index (κ1) is 23.1. The Bertz CT molecular complexity index is 994. The predicted molar refractivity (Wildman–Crippen MR) is 115 cm³/mol. The second kappa shape index (κ2) is 10.2. The fourth-order valence-corrected chi connectivity index (χ4v) is 4.42. The number of nitrogens with one attached hydrogen (secondary N) is 1. The molecule has 0 radical (unpaired) electrons. The summed E-state index contributed by atoms with van der Waals surface area (Å²) in [7, 11) is 0. The number of amides is 3. The van der Waals surface area contributed by atoms with Crippen LogP contribution >= 0.6 is 0 Å². The quantitative estimate of drug-likeness (QED) is 0.640. The molecule has 2 aliphatic rings. The van der Waals surface area contributed by atoms with E-state index in [4.69, 9.17) is 4.74 Å². The zero-order chi connectivity index (χ0) is 23.4. The van der Waals surface area contributed by atoms with Crippen LogP contribution in [0.25, 0.3) is 0 Å². The number of urea groups is 1. The topological polar surface area (TPSA) is 61.9 Å².